The van der Waals surface area contributed by atoms with Gasteiger partial charge in [0.1, 0.15) is 5.75 Å². The molecular formula is C15H19NOS. The van der Waals surface area contributed by atoms with Gasteiger partial charge in [-0.3, -0.25) is 0 Å². The molecule has 18 heavy (non-hydrogen) atoms. The van der Waals surface area contributed by atoms with E-state index < -0.39 is 0 Å². The first-order valence-electron chi connectivity index (χ1n) is 6.08. The quantitative estimate of drug-likeness (QED) is 0.887. The van der Waals surface area contributed by atoms with Crippen molar-refractivity contribution in [3.63, 3.8) is 0 Å². The van der Waals surface area contributed by atoms with Crippen molar-refractivity contribution >= 4 is 11.3 Å². The predicted molar refractivity (Wildman–Crippen MR) is 77.3 cm³/mol. The maximum absolute atomic E-state index is 5.21. The lowest BCUT2D eigenvalue weighted by molar-refractivity contribution is 0.414. The van der Waals surface area contributed by atoms with Crippen LogP contribution in [0, 0.1) is 13.8 Å². The topological polar surface area (TPSA) is 21.3 Å². The van der Waals surface area contributed by atoms with E-state index in [1.807, 2.05) is 23.5 Å². The lowest BCUT2D eigenvalue weighted by atomic mass is 10.2. The van der Waals surface area contributed by atoms with Crippen LogP contribution in [-0.2, 0) is 13.1 Å². The molecule has 1 aromatic carbocycles. The largest absolute Gasteiger partial charge is 0.497 e. The van der Waals surface area contributed by atoms with Gasteiger partial charge in [-0.25, -0.2) is 0 Å². The molecule has 2 rings (SSSR count). The van der Waals surface area contributed by atoms with Gasteiger partial charge in [0.15, 0.2) is 0 Å². The van der Waals surface area contributed by atoms with Crippen molar-refractivity contribution in [3.05, 3.63) is 51.2 Å². The Morgan fingerprint density at radius 2 is 2.00 bits per heavy atom. The van der Waals surface area contributed by atoms with Crippen LogP contribution < -0.4 is 10.1 Å². The molecule has 0 aliphatic heterocycles. The van der Waals surface area contributed by atoms with E-state index in [-0.39, 0.29) is 0 Å². The zero-order chi connectivity index (χ0) is 13.0. The summed E-state index contributed by atoms with van der Waals surface area (Å²) in [6.45, 7) is 6.13. The van der Waals surface area contributed by atoms with Crippen LogP contribution in [-0.4, -0.2) is 7.11 Å². The van der Waals surface area contributed by atoms with E-state index in [9.17, 15) is 0 Å². The van der Waals surface area contributed by atoms with Gasteiger partial charge in [0.2, 0.25) is 0 Å². The second-order valence-electron chi connectivity index (χ2n) is 4.41. The third-order valence-corrected chi connectivity index (χ3v) is 4.13. The highest BCUT2D eigenvalue weighted by Gasteiger charge is 2.01. The molecule has 2 aromatic rings. The number of ether oxygens (including phenoxy) is 1. The number of aryl methyl sites for hydroxylation is 2. The van der Waals surface area contributed by atoms with E-state index in [2.05, 4.69) is 37.4 Å². The van der Waals surface area contributed by atoms with Crippen LogP contribution in [0.25, 0.3) is 0 Å². The number of hydrogen-bond acceptors (Lipinski definition) is 3. The van der Waals surface area contributed by atoms with Crippen LogP contribution in [0.4, 0.5) is 0 Å². The van der Waals surface area contributed by atoms with Gasteiger partial charge in [-0.2, -0.15) is 0 Å². The molecule has 0 aliphatic rings. The molecule has 3 heteroatoms. The molecule has 0 bridgehead atoms. The summed E-state index contributed by atoms with van der Waals surface area (Å²) in [5.41, 5.74) is 2.64. The van der Waals surface area contributed by atoms with E-state index in [1.54, 1.807) is 7.11 Å². The first-order valence-corrected chi connectivity index (χ1v) is 6.90. The summed E-state index contributed by atoms with van der Waals surface area (Å²) in [6, 6.07) is 10.4. The third-order valence-electron chi connectivity index (χ3n) is 2.98. The zero-order valence-electron chi connectivity index (χ0n) is 11.1. The Bertz CT molecular complexity index is 499. The number of hydrogen-bond donors (Lipinski definition) is 1. The third kappa shape index (κ3) is 3.34. The van der Waals surface area contributed by atoms with Crippen LogP contribution >= 0.6 is 11.3 Å². The van der Waals surface area contributed by atoms with Gasteiger partial charge in [0.25, 0.3) is 0 Å². The molecule has 2 nitrogen and oxygen atoms in total. The van der Waals surface area contributed by atoms with Crippen molar-refractivity contribution in [3.8, 4) is 5.75 Å². The molecule has 0 saturated heterocycles. The summed E-state index contributed by atoms with van der Waals surface area (Å²) in [4.78, 5) is 2.81. The molecule has 96 valence electrons. The molecule has 0 atom stereocenters. The molecule has 0 aliphatic carbocycles. The highest BCUT2D eigenvalue weighted by atomic mass is 32.1. The van der Waals surface area contributed by atoms with Gasteiger partial charge in [0, 0.05) is 22.8 Å². The standard InChI is InChI=1S/C15H19NOS/c1-11-7-15(18-12(11)2)10-16-9-13-5-4-6-14(8-13)17-3/h4-8,16H,9-10H2,1-3H3. The highest BCUT2D eigenvalue weighted by molar-refractivity contribution is 7.12. The normalized spacial score (nSPS) is 10.6. The average Bonchev–Trinajstić information content (AvgIpc) is 2.69. The van der Waals surface area contributed by atoms with Crippen LogP contribution in [0.5, 0.6) is 5.75 Å². The summed E-state index contributed by atoms with van der Waals surface area (Å²) >= 11 is 1.87. The molecule has 0 fully saturated rings. The molecule has 0 amide bonds. The van der Waals surface area contributed by atoms with E-state index in [0.717, 1.165) is 18.8 Å². The number of nitrogens with one attached hydrogen (secondary N) is 1. The van der Waals surface area contributed by atoms with Crippen molar-refractivity contribution in [2.45, 2.75) is 26.9 Å². The Balaban J connectivity index is 1.88. The Morgan fingerprint density at radius 3 is 2.67 bits per heavy atom. The van der Waals surface area contributed by atoms with E-state index in [4.69, 9.17) is 4.74 Å². The van der Waals surface area contributed by atoms with Crippen molar-refractivity contribution in [1.29, 1.82) is 0 Å². The highest BCUT2D eigenvalue weighted by Crippen LogP contribution is 2.20. The minimum Gasteiger partial charge on any atom is -0.497 e. The van der Waals surface area contributed by atoms with Crippen molar-refractivity contribution in [2.75, 3.05) is 7.11 Å². The lowest BCUT2D eigenvalue weighted by Crippen LogP contribution is -2.11. The Labute approximate surface area is 113 Å². The van der Waals surface area contributed by atoms with E-state index in [0.29, 0.717) is 0 Å². The van der Waals surface area contributed by atoms with Gasteiger partial charge in [0.05, 0.1) is 7.11 Å². The fourth-order valence-electron chi connectivity index (χ4n) is 1.85. The maximum atomic E-state index is 5.21. The summed E-state index contributed by atoms with van der Waals surface area (Å²) in [7, 11) is 1.70. The van der Waals surface area contributed by atoms with Gasteiger partial charge in [-0.15, -0.1) is 11.3 Å². The second kappa shape index (κ2) is 6.03. The lowest BCUT2D eigenvalue weighted by Gasteiger charge is -2.05. The molecule has 0 radical (unpaired) electrons. The van der Waals surface area contributed by atoms with Crippen LogP contribution in [0.2, 0.25) is 0 Å². The number of thiophene rings is 1. The Morgan fingerprint density at radius 1 is 1.17 bits per heavy atom. The van der Waals surface area contributed by atoms with Gasteiger partial charge in [-0.05, 0) is 43.2 Å². The first-order chi connectivity index (χ1) is 8.69. The van der Waals surface area contributed by atoms with E-state index in [1.165, 1.54) is 20.9 Å². The van der Waals surface area contributed by atoms with Gasteiger partial charge < -0.3 is 10.1 Å². The minimum absolute atomic E-state index is 0.868. The van der Waals surface area contributed by atoms with Crippen molar-refractivity contribution < 1.29 is 4.74 Å². The first kappa shape index (κ1) is 13.1. The van der Waals surface area contributed by atoms with Crippen LogP contribution in [0.1, 0.15) is 20.9 Å². The summed E-state index contributed by atoms with van der Waals surface area (Å²) in [5.74, 6) is 0.914. The summed E-state index contributed by atoms with van der Waals surface area (Å²) in [5, 5.41) is 3.46. The van der Waals surface area contributed by atoms with Gasteiger partial charge >= 0.3 is 0 Å². The second-order valence-corrected chi connectivity index (χ2v) is 5.75. The molecule has 1 N–H and O–H groups in total. The Hall–Kier alpha value is -1.32. The SMILES string of the molecule is COc1cccc(CNCc2cc(C)c(C)s2)c1. The van der Waals surface area contributed by atoms with Gasteiger partial charge in [-0.1, -0.05) is 12.1 Å². The average molecular weight is 261 g/mol. The maximum Gasteiger partial charge on any atom is 0.119 e. The fourth-order valence-corrected chi connectivity index (χ4v) is 2.87. The minimum atomic E-state index is 0.868. The number of rotatable bonds is 5. The number of methoxy groups -OCH3 is 1. The molecule has 1 aromatic heterocycles. The molecule has 0 unspecified atom stereocenters. The molecule has 0 spiro atoms. The summed E-state index contributed by atoms with van der Waals surface area (Å²) in [6.07, 6.45) is 0. The predicted octanol–water partition coefficient (Wildman–Crippen LogP) is 3.66. The summed E-state index contributed by atoms with van der Waals surface area (Å²) < 4.78 is 5.21. The molecule has 1 heterocycles. The zero-order valence-corrected chi connectivity index (χ0v) is 11.9. The Kier molecular flexibility index (Phi) is 4.39. The monoisotopic (exact) mass is 261 g/mol. The van der Waals surface area contributed by atoms with Crippen molar-refractivity contribution in [2.24, 2.45) is 0 Å². The van der Waals surface area contributed by atoms with Crippen molar-refractivity contribution in [1.82, 2.24) is 5.32 Å². The molecule has 0 saturated carbocycles. The van der Waals surface area contributed by atoms with E-state index >= 15 is 0 Å². The van der Waals surface area contributed by atoms with Crippen LogP contribution in [0.15, 0.2) is 30.3 Å². The smallest absolute Gasteiger partial charge is 0.119 e. The molecular weight excluding hydrogens is 242 g/mol. The number of benzene rings is 1. The van der Waals surface area contributed by atoms with Crippen LogP contribution in [0.3, 0.4) is 0 Å². The fraction of sp³-hybridized carbons (Fsp3) is 0.333.